The Morgan fingerprint density at radius 3 is 1.09 bits per heavy atom. The van der Waals surface area contributed by atoms with Crippen LogP contribution in [0.2, 0.25) is 39.3 Å². The van der Waals surface area contributed by atoms with Crippen molar-refractivity contribution in [1.29, 1.82) is 0 Å². The molecule has 5 heteroatoms. The van der Waals surface area contributed by atoms with Gasteiger partial charge in [-0.15, -0.1) is 0 Å². The summed E-state index contributed by atoms with van der Waals surface area (Å²) in [6.07, 6.45) is 0. The average Bonchev–Trinajstić information content (AvgIpc) is 1.58. The molecule has 11 heavy (non-hydrogen) atoms. The van der Waals surface area contributed by atoms with Crippen LogP contribution in [0.1, 0.15) is 0 Å². The van der Waals surface area contributed by atoms with Crippen LogP contribution in [0.25, 0.3) is 0 Å². The van der Waals surface area contributed by atoms with Gasteiger partial charge in [0.25, 0.3) is 0 Å². The van der Waals surface area contributed by atoms with Gasteiger partial charge in [0.15, 0.2) is 0 Å². The smallest absolute Gasteiger partial charge is 0.0955 e. The van der Waals surface area contributed by atoms with Gasteiger partial charge >= 0.3 is 0 Å². The molecule has 2 nitrogen and oxygen atoms in total. The molecule has 0 aliphatic rings. The Balaban J connectivity index is 4.92. The lowest BCUT2D eigenvalue weighted by atomic mass is 11.8. The minimum Gasteiger partial charge on any atom is -0.806 e. The summed E-state index contributed by atoms with van der Waals surface area (Å²) in [6.45, 7) is 8.46. The molecule has 0 aromatic carbocycles. The van der Waals surface area contributed by atoms with Crippen molar-refractivity contribution < 1.29 is 9.46 Å². The maximum absolute atomic E-state index is 11.8. The first-order valence-corrected chi connectivity index (χ1v) is 14.1. The van der Waals surface area contributed by atoms with Crippen molar-refractivity contribution in [3.63, 3.8) is 0 Å². The lowest BCUT2D eigenvalue weighted by Crippen LogP contribution is -2.41. The molecule has 0 saturated heterocycles. The molecule has 0 bridgehead atoms. The molecule has 0 saturated carbocycles. The second-order valence-corrected chi connectivity index (χ2v) is 27.6. The van der Waals surface area contributed by atoms with Crippen molar-refractivity contribution in [1.82, 2.24) is 0 Å². The van der Waals surface area contributed by atoms with E-state index < -0.39 is 21.9 Å². The van der Waals surface area contributed by atoms with Gasteiger partial charge in [-0.05, 0) is 6.46 Å². The van der Waals surface area contributed by atoms with Crippen molar-refractivity contribution in [3.05, 3.63) is 0 Å². The van der Waals surface area contributed by atoms with Gasteiger partial charge in [-0.1, -0.05) is 39.3 Å². The van der Waals surface area contributed by atoms with Gasteiger partial charge < -0.3 is 9.46 Å². The first kappa shape index (κ1) is 11.6. The van der Waals surface area contributed by atoms with E-state index in [1.165, 1.54) is 0 Å². The highest BCUT2D eigenvalue weighted by molar-refractivity contribution is 8.18. The summed E-state index contributed by atoms with van der Waals surface area (Å²) in [7, 11) is -3.92. The molecule has 0 heterocycles. The van der Waals surface area contributed by atoms with E-state index in [0.29, 0.717) is 0 Å². The van der Waals surface area contributed by atoms with Gasteiger partial charge in [-0.3, -0.25) is 0 Å². The van der Waals surface area contributed by atoms with Crippen LogP contribution in [-0.4, -0.2) is 15.5 Å². The van der Waals surface area contributed by atoms with Crippen molar-refractivity contribution in [2.45, 2.75) is 39.3 Å². The number of hydrogen-bond donors (Lipinski definition) is 0. The van der Waals surface area contributed by atoms with E-state index in [1.54, 1.807) is 0 Å². The van der Waals surface area contributed by atoms with Gasteiger partial charge in [0.1, 0.15) is 0 Å². The Bertz CT molecular complexity index is 172. The molecule has 0 aliphatic heterocycles. The van der Waals surface area contributed by atoms with Crippen LogP contribution in [-0.2, 0) is 4.57 Å². The topological polar surface area (TPSA) is 40.1 Å². The fourth-order valence-corrected chi connectivity index (χ4v) is 27.2. The molecular formula is C6H18O2PSi2-. The maximum atomic E-state index is 11.8. The highest BCUT2D eigenvalue weighted by atomic mass is 31.7. The predicted octanol–water partition coefficient (Wildman–Crippen LogP) is 2.29. The van der Waals surface area contributed by atoms with E-state index in [0.717, 1.165) is 0 Å². The molecular weight excluding hydrogens is 191 g/mol. The molecule has 0 N–H and O–H groups in total. The summed E-state index contributed by atoms with van der Waals surface area (Å²) >= 11 is 0. The molecule has 0 aliphatic carbocycles. The zero-order chi connectivity index (χ0) is 9.50. The number of hydrogen-bond acceptors (Lipinski definition) is 2. The molecule has 0 atom stereocenters. The third-order valence-electron chi connectivity index (χ3n) is 1.77. The van der Waals surface area contributed by atoms with Crippen molar-refractivity contribution in [3.8, 4) is 0 Å². The van der Waals surface area contributed by atoms with E-state index in [4.69, 9.17) is 0 Å². The fraction of sp³-hybridized carbons (Fsp3) is 1.00. The van der Waals surface area contributed by atoms with Gasteiger partial charge in [0.05, 0.1) is 15.5 Å². The fourth-order valence-electron chi connectivity index (χ4n) is 1.01. The average molecular weight is 209 g/mol. The van der Waals surface area contributed by atoms with Crippen LogP contribution in [0, 0.1) is 0 Å². The molecule has 0 radical (unpaired) electrons. The van der Waals surface area contributed by atoms with Crippen molar-refractivity contribution in [2.75, 3.05) is 0 Å². The lowest BCUT2D eigenvalue weighted by Gasteiger charge is -2.44. The monoisotopic (exact) mass is 209 g/mol. The molecule has 0 amide bonds. The Hall–Kier alpha value is 0.624. The maximum Gasteiger partial charge on any atom is 0.0955 e. The third kappa shape index (κ3) is 2.28. The molecule has 0 aromatic heterocycles. The Labute approximate surface area is 71.2 Å². The standard InChI is InChI=1S/C6H19O2PSi2/c1-10(2,3)9(7,8)11(4,5)6/h1-6H3,(H,7,8)/p-1. The van der Waals surface area contributed by atoms with Gasteiger partial charge in [0.2, 0.25) is 0 Å². The van der Waals surface area contributed by atoms with Gasteiger partial charge in [-0.25, -0.2) is 0 Å². The summed E-state index contributed by atoms with van der Waals surface area (Å²) in [4.78, 5) is 11.8. The van der Waals surface area contributed by atoms with E-state index in [2.05, 4.69) is 0 Å². The number of rotatable bonds is 2. The van der Waals surface area contributed by atoms with Crippen molar-refractivity contribution >= 4 is 21.9 Å². The van der Waals surface area contributed by atoms with Crippen LogP contribution in [0.4, 0.5) is 0 Å². The largest absolute Gasteiger partial charge is 0.806 e. The second kappa shape index (κ2) is 2.84. The van der Waals surface area contributed by atoms with Crippen LogP contribution >= 0.6 is 6.46 Å². The second-order valence-electron chi connectivity index (χ2n) is 4.89. The summed E-state index contributed by atoms with van der Waals surface area (Å²) < 4.78 is 11.8. The molecule has 0 aromatic rings. The predicted molar refractivity (Wildman–Crippen MR) is 54.3 cm³/mol. The highest BCUT2D eigenvalue weighted by Crippen LogP contribution is 2.55. The minimum atomic E-state index is -3.03. The van der Waals surface area contributed by atoms with Crippen LogP contribution in [0.5, 0.6) is 0 Å². The van der Waals surface area contributed by atoms with Gasteiger partial charge in [0, 0.05) is 0 Å². The molecule has 68 valence electrons. The molecule has 0 spiro atoms. The normalized spacial score (nSPS) is 15.2. The molecule has 0 rings (SSSR count). The quantitative estimate of drug-likeness (QED) is 0.517. The zero-order valence-electron chi connectivity index (χ0n) is 8.26. The third-order valence-corrected chi connectivity index (χ3v) is 28.0. The van der Waals surface area contributed by atoms with Crippen LogP contribution < -0.4 is 4.89 Å². The molecule has 0 unspecified atom stereocenters. The first-order chi connectivity index (χ1) is 4.50. The summed E-state index contributed by atoms with van der Waals surface area (Å²) in [5.74, 6) is 0. The van der Waals surface area contributed by atoms with E-state index in [-0.39, 0.29) is 0 Å². The molecule has 0 fully saturated rings. The Morgan fingerprint density at radius 2 is 1.09 bits per heavy atom. The Kier molecular flexibility index (Phi) is 3.00. The summed E-state index contributed by atoms with van der Waals surface area (Å²) in [5, 5.41) is 0. The summed E-state index contributed by atoms with van der Waals surface area (Å²) in [6, 6.07) is 0. The van der Waals surface area contributed by atoms with Crippen molar-refractivity contribution in [2.24, 2.45) is 0 Å². The minimum absolute atomic E-state index is 1.92. The lowest BCUT2D eigenvalue weighted by molar-refractivity contribution is -0.164. The van der Waals surface area contributed by atoms with Crippen LogP contribution in [0.15, 0.2) is 0 Å². The Morgan fingerprint density at radius 1 is 0.909 bits per heavy atom. The summed E-state index contributed by atoms with van der Waals surface area (Å²) in [5.41, 5.74) is 0. The first-order valence-electron chi connectivity index (χ1n) is 3.81. The van der Waals surface area contributed by atoms with E-state index in [1.807, 2.05) is 39.3 Å². The highest BCUT2D eigenvalue weighted by Gasteiger charge is 2.38. The van der Waals surface area contributed by atoms with E-state index >= 15 is 0 Å². The zero-order valence-corrected chi connectivity index (χ0v) is 11.2. The SMILES string of the molecule is C[Si](C)(C)P(=O)([O-])[Si](C)(C)C. The van der Waals surface area contributed by atoms with Crippen LogP contribution in [0.3, 0.4) is 0 Å². The van der Waals surface area contributed by atoms with E-state index in [9.17, 15) is 9.46 Å². The van der Waals surface area contributed by atoms with Gasteiger partial charge in [-0.2, -0.15) is 0 Å².